The molecule has 0 radical (unpaired) electrons. The summed E-state index contributed by atoms with van der Waals surface area (Å²) < 4.78 is 5.79. The van der Waals surface area contributed by atoms with E-state index in [9.17, 15) is 14.4 Å². The second-order valence-electron chi connectivity index (χ2n) is 8.63. The lowest BCUT2D eigenvalue weighted by molar-refractivity contribution is -0.120. The first-order chi connectivity index (χ1) is 19.0. The molecular formula is C31H24ClN3O4. The van der Waals surface area contributed by atoms with Gasteiger partial charge in [-0.2, -0.15) is 0 Å². The fourth-order valence-corrected chi connectivity index (χ4v) is 4.43. The summed E-state index contributed by atoms with van der Waals surface area (Å²) in [5.41, 5.74) is 1.94. The Bertz CT molecular complexity index is 1550. The average Bonchev–Trinajstić information content (AvgIpc) is 3.18. The smallest absolute Gasteiger partial charge is 0.283 e. The van der Waals surface area contributed by atoms with Crippen LogP contribution in [0.25, 0.3) is 0 Å². The number of nitrogens with one attached hydrogen (secondary N) is 1. The Morgan fingerprint density at radius 2 is 1.46 bits per heavy atom. The van der Waals surface area contributed by atoms with Gasteiger partial charge in [-0.05, 0) is 73.7 Å². The number of ether oxygens (including phenoxy) is 1. The molecule has 3 amide bonds. The van der Waals surface area contributed by atoms with Gasteiger partial charge < -0.3 is 15.0 Å². The highest BCUT2D eigenvalue weighted by Gasteiger charge is 2.39. The molecule has 0 atom stereocenters. The van der Waals surface area contributed by atoms with Crippen LogP contribution in [0.3, 0.4) is 0 Å². The molecule has 0 aromatic heterocycles. The summed E-state index contributed by atoms with van der Waals surface area (Å²) in [5, 5.41) is 2.71. The Balaban J connectivity index is 1.32. The highest BCUT2D eigenvalue weighted by atomic mass is 35.5. The number of halogens is 1. The Kier molecular flexibility index (Phi) is 7.43. The van der Waals surface area contributed by atoms with Crippen LogP contribution in [-0.2, 0) is 9.59 Å². The van der Waals surface area contributed by atoms with E-state index in [2.05, 4.69) is 5.32 Å². The predicted octanol–water partition coefficient (Wildman–Crippen LogP) is 6.58. The lowest BCUT2D eigenvalue weighted by Crippen LogP contribution is -2.32. The van der Waals surface area contributed by atoms with E-state index in [-0.39, 0.29) is 16.6 Å². The largest absolute Gasteiger partial charge is 0.457 e. The van der Waals surface area contributed by atoms with Crippen LogP contribution in [-0.4, -0.2) is 24.3 Å². The van der Waals surface area contributed by atoms with Gasteiger partial charge in [0, 0.05) is 23.5 Å². The van der Waals surface area contributed by atoms with E-state index in [1.807, 2.05) is 67.6 Å². The van der Waals surface area contributed by atoms with E-state index in [0.717, 1.165) is 10.6 Å². The summed E-state index contributed by atoms with van der Waals surface area (Å²) in [4.78, 5) is 42.1. The third kappa shape index (κ3) is 5.39. The minimum Gasteiger partial charge on any atom is -0.457 e. The predicted molar refractivity (Wildman–Crippen MR) is 152 cm³/mol. The molecule has 0 fully saturated rings. The molecule has 0 saturated carbocycles. The maximum atomic E-state index is 13.3. The van der Waals surface area contributed by atoms with Crippen molar-refractivity contribution in [1.29, 1.82) is 0 Å². The highest BCUT2D eigenvalue weighted by Crippen LogP contribution is 2.32. The molecule has 8 heteroatoms. The van der Waals surface area contributed by atoms with Crippen molar-refractivity contribution in [1.82, 2.24) is 0 Å². The molecule has 1 aliphatic rings. The molecule has 1 N–H and O–H groups in total. The molecular weight excluding hydrogens is 514 g/mol. The van der Waals surface area contributed by atoms with Crippen molar-refractivity contribution in [3.63, 3.8) is 0 Å². The lowest BCUT2D eigenvalue weighted by atomic mass is 10.1. The third-order valence-corrected chi connectivity index (χ3v) is 6.46. The maximum absolute atomic E-state index is 13.3. The minimum absolute atomic E-state index is 0.0636. The van der Waals surface area contributed by atoms with E-state index in [1.165, 1.54) is 0 Å². The summed E-state index contributed by atoms with van der Waals surface area (Å²) in [6.07, 6.45) is 0. The first-order valence-corrected chi connectivity index (χ1v) is 12.7. The molecule has 0 unspecified atom stereocenters. The number of anilines is 3. The fraction of sp³-hybridized carbons (Fsp3) is 0.0645. The summed E-state index contributed by atoms with van der Waals surface area (Å²) >= 11 is 6.32. The molecule has 0 saturated heterocycles. The summed E-state index contributed by atoms with van der Waals surface area (Å²) in [6, 6.07) is 31.9. The Morgan fingerprint density at radius 1 is 0.821 bits per heavy atom. The molecule has 39 heavy (non-hydrogen) atoms. The summed E-state index contributed by atoms with van der Waals surface area (Å²) in [5.74, 6) is -0.214. The van der Waals surface area contributed by atoms with Gasteiger partial charge in [0.1, 0.15) is 22.2 Å². The molecule has 1 heterocycles. The van der Waals surface area contributed by atoms with Gasteiger partial charge in [0.25, 0.3) is 17.7 Å². The summed E-state index contributed by atoms with van der Waals surface area (Å²) in [7, 11) is 0. The zero-order valence-corrected chi connectivity index (χ0v) is 21.8. The standard InChI is InChI=1S/C31H24ClN3O4/c1-2-34(23-12-5-3-6-13-23)29(36)21-10-9-11-22(20-21)33-28-27(32)30(37)35(31(28)38)24-16-18-26(19-17-24)39-25-14-7-4-8-15-25/h3-20,33H,2H2,1H3. The molecule has 0 bridgehead atoms. The Labute approximate surface area is 230 Å². The SMILES string of the molecule is CCN(C(=O)c1cccc(NC2=C(Cl)C(=O)N(c3ccc(Oc4ccccc4)cc3)C2=O)c1)c1ccccc1. The molecule has 0 aliphatic carbocycles. The van der Waals surface area contributed by atoms with Crippen molar-refractivity contribution in [3.05, 3.63) is 125 Å². The van der Waals surface area contributed by atoms with Gasteiger partial charge in [-0.15, -0.1) is 0 Å². The van der Waals surface area contributed by atoms with Gasteiger partial charge in [-0.25, -0.2) is 4.90 Å². The van der Waals surface area contributed by atoms with Crippen molar-refractivity contribution < 1.29 is 19.1 Å². The van der Waals surface area contributed by atoms with Crippen molar-refractivity contribution in [2.45, 2.75) is 6.92 Å². The molecule has 4 aromatic rings. The molecule has 7 nitrogen and oxygen atoms in total. The van der Waals surface area contributed by atoms with Gasteiger partial charge in [0.15, 0.2) is 0 Å². The number of nitrogens with zero attached hydrogens (tertiary/aromatic N) is 2. The normalized spacial score (nSPS) is 13.0. The van der Waals surface area contributed by atoms with Crippen LogP contribution in [0.4, 0.5) is 17.1 Å². The number of benzene rings is 4. The number of para-hydroxylation sites is 2. The van der Waals surface area contributed by atoms with Crippen LogP contribution in [0.5, 0.6) is 11.5 Å². The van der Waals surface area contributed by atoms with Crippen molar-refractivity contribution in [2.75, 3.05) is 21.7 Å². The Hall–Kier alpha value is -4.88. The van der Waals surface area contributed by atoms with Gasteiger partial charge in [0.2, 0.25) is 0 Å². The van der Waals surface area contributed by atoms with Gasteiger partial charge >= 0.3 is 0 Å². The van der Waals surface area contributed by atoms with Gasteiger partial charge in [0.05, 0.1) is 5.69 Å². The van der Waals surface area contributed by atoms with Crippen LogP contribution >= 0.6 is 11.6 Å². The van der Waals surface area contributed by atoms with Crippen LogP contribution in [0, 0.1) is 0 Å². The minimum atomic E-state index is -0.644. The second-order valence-corrected chi connectivity index (χ2v) is 9.01. The zero-order valence-electron chi connectivity index (χ0n) is 21.0. The number of hydrogen-bond donors (Lipinski definition) is 1. The zero-order chi connectivity index (χ0) is 27.4. The van der Waals surface area contributed by atoms with E-state index < -0.39 is 11.8 Å². The topological polar surface area (TPSA) is 79.0 Å². The molecule has 4 aromatic carbocycles. The first-order valence-electron chi connectivity index (χ1n) is 12.3. The van der Waals surface area contributed by atoms with Crippen LogP contribution in [0.15, 0.2) is 120 Å². The average molecular weight is 538 g/mol. The molecule has 5 rings (SSSR count). The quantitative estimate of drug-likeness (QED) is 0.257. The van der Waals surface area contributed by atoms with Crippen molar-refractivity contribution in [3.8, 4) is 11.5 Å². The van der Waals surface area contributed by atoms with Crippen molar-refractivity contribution >= 4 is 46.4 Å². The third-order valence-electron chi connectivity index (χ3n) is 6.11. The molecule has 0 spiro atoms. The number of carbonyl (C=O) groups excluding carboxylic acids is 3. The maximum Gasteiger partial charge on any atom is 0.283 e. The summed E-state index contributed by atoms with van der Waals surface area (Å²) in [6.45, 7) is 2.38. The molecule has 1 aliphatic heterocycles. The van der Waals surface area contributed by atoms with E-state index in [4.69, 9.17) is 16.3 Å². The second kappa shape index (κ2) is 11.2. The van der Waals surface area contributed by atoms with Gasteiger partial charge in [-0.1, -0.05) is 54.1 Å². The van der Waals surface area contributed by atoms with Gasteiger partial charge in [-0.3, -0.25) is 14.4 Å². The van der Waals surface area contributed by atoms with E-state index in [0.29, 0.717) is 35.0 Å². The van der Waals surface area contributed by atoms with Crippen molar-refractivity contribution in [2.24, 2.45) is 0 Å². The lowest BCUT2D eigenvalue weighted by Gasteiger charge is -2.21. The van der Waals surface area contributed by atoms with Crippen LogP contribution in [0.1, 0.15) is 17.3 Å². The number of amides is 3. The Morgan fingerprint density at radius 3 is 2.13 bits per heavy atom. The monoisotopic (exact) mass is 537 g/mol. The van der Waals surface area contributed by atoms with E-state index in [1.54, 1.807) is 53.4 Å². The number of hydrogen-bond acceptors (Lipinski definition) is 5. The van der Waals surface area contributed by atoms with Crippen LogP contribution in [0.2, 0.25) is 0 Å². The number of rotatable bonds is 8. The number of imide groups is 1. The number of carbonyl (C=O) groups is 3. The highest BCUT2D eigenvalue weighted by molar-refractivity contribution is 6.53. The van der Waals surface area contributed by atoms with E-state index >= 15 is 0 Å². The molecule has 194 valence electrons. The van der Waals surface area contributed by atoms with Crippen LogP contribution < -0.4 is 19.9 Å². The first kappa shape index (κ1) is 25.8. The fourth-order valence-electron chi connectivity index (χ4n) is 4.22.